The molecule has 0 aliphatic heterocycles. The molecule has 4 N–H and O–H groups in total. The number of halogens is 3. The first-order chi connectivity index (χ1) is 14.8. The lowest BCUT2D eigenvalue weighted by Gasteiger charge is -2.11. The average Bonchev–Trinajstić information content (AvgIpc) is 3.09. The third kappa shape index (κ3) is 4.66. The second-order valence-electron chi connectivity index (χ2n) is 6.33. The molecule has 0 unspecified atom stereocenters. The second kappa shape index (κ2) is 7.86. The van der Waals surface area contributed by atoms with Crippen molar-refractivity contribution in [1.29, 1.82) is 0 Å². The van der Waals surface area contributed by atoms with Gasteiger partial charge in [-0.25, -0.2) is 9.78 Å². The van der Waals surface area contributed by atoms with Crippen LogP contribution in [0.25, 0.3) is 22.1 Å². The Balaban J connectivity index is 1.45. The van der Waals surface area contributed by atoms with Gasteiger partial charge in [0.1, 0.15) is 11.6 Å². The van der Waals surface area contributed by atoms with Gasteiger partial charge >= 0.3 is 12.4 Å². The highest BCUT2D eigenvalue weighted by Crippen LogP contribution is 2.32. The van der Waals surface area contributed by atoms with E-state index in [9.17, 15) is 18.0 Å². The number of anilines is 3. The number of hydrogen-bond donors (Lipinski definition) is 3. The summed E-state index contributed by atoms with van der Waals surface area (Å²) in [5.41, 5.74) is 8.01. The standard InChI is InChI=1S/C20H14F3N5O3/c21-20(22,23)30-13-4-1-3-12(9-13)26-19(29)27-16-8-7-11(10-25-16)14-5-2-6-15-17(14)18(24)28-31-15/h1-10H,(H2,24,28)(H2,25,26,27,29). The van der Waals surface area contributed by atoms with Crippen molar-refractivity contribution in [3.05, 3.63) is 60.8 Å². The minimum absolute atomic E-state index is 0.116. The van der Waals surface area contributed by atoms with Crippen LogP contribution in [0.15, 0.2) is 65.3 Å². The fourth-order valence-electron chi connectivity index (χ4n) is 2.93. The highest BCUT2D eigenvalue weighted by atomic mass is 19.4. The number of benzene rings is 2. The maximum absolute atomic E-state index is 12.3. The molecule has 0 spiro atoms. The van der Waals surface area contributed by atoms with Crippen LogP contribution in [-0.2, 0) is 0 Å². The summed E-state index contributed by atoms with van der Waals surface area (Å²) >= 11 is 0. The lowest BCUT2D eigenvalue weighted by molar-refractivity contribution is -0.274. The molecule has 0 aliphatic carbocycles. The van der Waals surface area contributed by atoms with Crippen LogP contribution in [-0.4, -0.2) is 22.5 Å². The number of rotatable bonds is 4. The van der Waals surface area contributed by atoms with E-state index in [1.165, 1.54) is 18.3 Å². The summed E-state index contributed by atoms with van der Waals surface area (Å²) in [6, 6.07) is 12.9. The molecule has 2 aromatic heterocycles. The molecule has 0 bridgehead atoms. The largest absolute Gasteiger partial charge is 0.573 e. The van der Waals surface area contributed by atoms with E-state index in [1.807, 2.05) is 6.07 Å². The van der Waals surface area contributed by atoms with E-state index in [4.69, 9.17) is 10.3 Å². The van der Waals surface area contributed by atoms with Crippen molar-refractivity contribution < 1.29 is 27.2 Å². The molecule has 4 rings (SSSR count). The molecule has 158 valence electrons. The Morgan fingerprint density at radius 1 is 1.06 bits per heavy atom. The molecule has 31 heavy (non-hydrogen) atoms. The average molecular weight is 429 g/mol. The van der Waals surface area contributed by atoms with Crippen molar-refractivity contribution in [2.45, 2.75) is 6.36 Å². The number of nitrogens with two attached hydrogens (primary N) is 1. The first kappa shape index (κ1) is 20.0. The van der Waals surface area contributed by atoms with E-state index in [0.717, 1.165) is 23.3 Å². The molecule has 0 atom stereocenters. The van der Waals surface area contributed by atoms with Crippen molar-refractivity contribution in [3.63, 3.8) is 0 Å². The highest BCUT2D eigenvalue weighted by Gasteiger charge is 2.31. The maximum atomic E-state index is 12.3. The summed E-state index contributed by atoms with van der Waals surface area (Å²) in [5, 5.41) is 9.32. The van der Waals surface area contributed by atoms with Gasteiger partial charge in [0.05, 0.1) is 5.39 Å². The fraction of sp³-hybridized carbons (Fsp3) is 0.0500. The zero-order chi connectivity index (χ0) is 22.0. The van der Waals surface area contributed by atoms with Crippen LogP contribution in [0, 0.1) is 0 Å². The van der Waals surface area contributed by atoms with Crippen molar-refractivity contribution in [2.75, 3.05) is 16.4 Å². The number of nitrogens with one attached hydrogen (secondary N) is 2. The van der Waals surface area contributed by atoms with Gasteiger partial charge < -0.3 is 20.3 Å². The maximum Gasteiger partial charge on any atom is 0.573 e. The Kier molecular flexibility index (Phi) is 5.07. The Morgan fingerprint density at radius 3 is 2.61 bits per heavy atom. The SMILES string of the molecule is Nc1noc2cccc(-c3ccc(NC(=O)Nc4cccc(OC(F)(F)F)c4)nc3)c12. The number of ether oxygens (including phenoxy) is 1. The lowest BCUT2D eigenvalue weighted by atomic mass is 10.0. The second-order valence-corrected chi connectivity index (χ2v) is 6.33. The van der Waals surface area contributed by atoms with Gasteiger partial charge in [-0.1, -0.05) is 23.4 Å². The molecule has 2 amide bonds. The van der Waals surface area contributed by atoms with Crippen LogP contribution in [0.2, 0.25) is 0 Å². The molecular formula is C20H14F3N5O3. The van der Waals surface area contributed by atoms with E-state index >= 15 is 0 Å². The predicted octanol–water partition coefficient (Wildman–Crippen LogP) is 5.01. The third-order valence-electron chi connectivity index (χ3n) is 4.17. The number of carbonyl (C=O) groups is 1. The Hall–Kier alpha value is -4.28. The van der Waals surface area contributed by atoms with E-state index < -0.39 is 18.1 Å². The number of nitrogen functional groups attached to an aromatic ring is 1. The number of nitrogens with zero attached hydrogens (tertiary/aromatic N) is 2. The zero-order valence-electron chi connectivity index (χ0n) is 15.6. The van der Waals surface area contributed by atoms with Gasteiger partial charge in [0.25, 0.3) is 0 Å². The van der Waals surface area contributed by atoms with E-state index in [2.05, 4.69) is 25.5 Å². The molecule has 0 fully saturated rings. The minimum Gasteiger partial charge on any atom is -0.406 e. The van der Waals surface area contributed by atoms with Gasteiger partial charge in [-0.2, -0.15) is 0 Å². The molecule has 0 saturated heterocycles. The molecule has 11 heteroatoms. The van der Waals surface area contributed by atoms with Gasteiger partial charge in [-0.05, 0) is 35.9 Å². The summed E-state index contributed by atoms with van der Waals surface area (Å²) in [6.45, 7) is 0. The smallest absolute Gasteiger partial charge is 0.406 e. The molecule has 2 aromatic carbocycles. The van der Waals surface area contributed by atoms with Gasteiger partial charge in [-0.15, -0.1) is 13.2 Å². The molecule has 8 nitrogen and oxygen atoms in total. The molecular weight excluding hydrogens is 415 g/mol. The van der Waals surface area contributed by atoms with Crippen LogP contribution in [0.5, 0.6) is 5.75 Å². The molecule has 0 saturated carbocycles. The first-order valence-electron chi connectivity index (χ1n) is 8.82. The number of aromatic nitrogens is 2. The highest BCUT2D eigenvalue weighted by molar-refractivity contribution is 6.01. The van der Waals surface area contributed by atoms with Crippen LogP contribution in [0.1, 0.15) is 0 Å². The monoisotopic (exact) mass is 429 g/mol. The van der Waals surface area contributed by atoms with Crippen molar-refractivity contribution in [3.8, 4) is 16.9 Å². The third-order valence-corrected chi connectivity index (χ3v) is 4.17. The Labute approximate surface area is 172 Å². The van der Waals surface area contributed by atoms with Gasteiger partial charge in [0, 0.05) is 23.5 Å². The van der Waals surface area contributed by atoms with Crippen molar-refractivity contribution in [1.82, 2.24) is 10.1 Å². The summed E-state index contributed by atoms with van der Waals surface area (Å²) in [5.74, 6) is 0.0355. The summed E-state index contributed by atoms with van der Waals surface area (Å²) < 4.78 is 45.9. The number of hydrogen-bond acceptors (Lipinski definition) is 6. The summed E-state index contributed by atoms with van der Waals surface area (Å²) in [7, 11) is 0. The fourth-order valence-corrected chi connectivity index (χ4v) is 2.93. The molecule has 2 heterocycles. The van der Waals surface area contributed by atoms with Crippen molar-refractivity contribution in [2.24, 2.45) is 0 Å². The predicted molar refractivity (Wildman–Crippen MR) is 107 cm³/mol. The number of pyridine rings is 1. The normalized spacial score (nSPS) is 11.3. The number of urea groups is 1. The molecule has 0 aliphatic rings. The van der Waals surface area contributed by atoms with E-state index in [-0.39, 0.29) is 17.3 Å². The number of alkyl halides is 3. The van der Waals surface area contributed by atoms with Crippen molar-refractivity contribution >= 4 is 34.3 Å². The summed E-state index contributed by atoms with van der Waals surface area (Å²) in [4.78, 5) is 16.3. The molecule has 0 radical (unpaired) electrons. The number of carbonyl (C=O) groups excluding carboxylic acids is 1. The molecule has 4 aromatic rings. The lowest BCUT2D eigenvalue weighted by Crippen LogP contribution is -2.20. The minimum atomic E-state index is -4.83. The number of fused-ring (bicyclic) bond motifs is 1. The summed E-state index contributed by atoms with van der Waals surface area (Å²) in [6.07, 6.45) is -3.29. The van der Waals surface area contributed by atoms with E-state index in [0.29, 0.717) is 11.0 Å². The zero-order valence-corrected chi connectivity index (χ0v) is 15.6. The van der Waals surface area contributed by atoms with Crippen LogP contribution in [0.3, 0.4) is 0 Å². The topological polar surface area (TPSA) is 115 Å². The Morgan fingerprint density at radius 2 is 1.87 bits per heavy atom. The van der Waals surface area contributed by atoms with Gasteiger partial charge in [0.2, 0.25) is 0 Å². The van der Waals surface area contributed by atoms with Gasteiger partial charge in [-0.3, -0.25) is 5.32 Å². The van der Waals surface area contributed by atoms with Crippen LogP contribution < -0.4 is 21.1 Å². The van der Waals surface area contributed by atoms with Crippen LogP contribution >= 0.6 is 0 Å². The quantitative estimate of drug-likeness (QED) is 0.420. The first-order valence-corrected chi connectivity index (χ1v) is 8.82. The van der Waals surface area contributed by atoms with Crippen LogP contribution in [0.4, 0.5) is 35.3 Å². The van der Waals surface area contributed by atoms with E-state index in [1.54, 1.807) is 24.3 Å². The number of amides is 2. The Bertz CT molecular complexity index is 1240. The van der Waals surface area contributed by atoms with Gasteiger partial charge in [0.15, 0.2) is 11.4 Å².